The second kappa shape index (κ2) is 5.86. The molecule has 3 unspecified atom stereocenters. The van der Waals surface area contributed by atoms with Crippen molar-refractivity contribution in [1.82, 2.24) is 0 Å². The van der Waals surface area contributed by atoms with Crippen molar-refractivity contribution in [3.63, 3.8) is 0 Å². The van der Waals surface area contributed by atoms with E-state index < -0.39 is 0 Å². The highest BCUT2D eigenvalue weighted by Gasteiger charge is 2.26. The van der Waals surface area contributed by atoms with E-state index in [4.69, 9.17) is 4.74 Å². The lowest BCUT2D eigenvalue weighted by Crippen LogP contribution is -2.10. The first kappa shape index (κ1) is 12.2. The lowest BCUT2D eigenvalue weighted by molar-refractivity contribution is 0.0965. The Labute approximate surface area is 100 Å². The first-order valence-corrected chi connectivity index (χ1v) is 7.05. The van der Waals surface area contributed by atoms with Gasteiger partial charge in [0.25, 0.3) is 0 Å². The molecular formula is C15H26O. The van der Waals surface area contributed by atoms with E-state index in [0.29, 0.717) is 0 Å². The summed E-state index contributed by atoms with van der Waals surface area (Å²) < 4.78 is 5.73. The monoisotopic (exact) mass is 222 g/mol. The number of fused-ring (bicyclic) bond motifs is 2. The molecule has 0 aromatic rings. The average molecular weight is 222 g/mol. The molecule has 2 aliphatic carbocycles. The van der Waals surface area contributed by atoms with Gasteiger partial charge in [-0.15, -0.1) is 0 Å². The fourth-order valence-corrected chi connectivity index (χ4v) is 3.37. The van der Waals surface area contributed by atoms with Gasteiger partial charge in [-0.1, -0.05) is 25.5 Å². The van der Waals surface area contributed by atoms with Crippen LogP contribution in [0, 0.1) is 17.8 Å². The molecule has 0 aliphatic heterocycles. The van der Waals surface area contributed by atoms with Crippen LogP contribution in [0.15, 0.2) is 11.6 Å². The maximum atomic E-state index is 5.73. The standard InChI is InChI=1S/C15H26O/c1-3-6-16-11-14-5-4-13-7-12(2)8-15(9-13)10-14/h8,12-14H,3-7,9-11H2,1-2H3. The Kier molecular flexibility index (Phi) is 4.45. The van der Waals surface area contributed by atoms with E-state index in [9.17, 15) is 0 Å². The zero-order valence-corrected chi connectivity index (χ0v) is 10.9. The van der Waals surface area contributed by atoms with Crippen molar-refractivity contribution in [2.45, 2.75) is 52.4 Å². The third-order valence-electron chi connectivity index (χ3n) is 4.01. The Morgan fingerprint density at radius 3 is 3.00 bits per heavy atom. The first-order valence-electron chi connectivity index (χ1n) is 7.05. The van der Waals surface area contributed by atoms with Crippen molar-refractivity contribution in [3.8, 4) is 0 Å². The van der Waals surface area contributed by atoms with Gasteiger partial charge in [0.05, 0.1) is 0 Å². The Balaban J connectivity index is 1.86. The average Bonchev–Trinajstić information content (AvgIpc) is 2.38. The maximum Gasteiger partial charge on any atom is 0.0497 e. The van der Waals surface area contributed by atoms with Crippen molar-refractivity contribution in [2.24, 2.45) is 17.8 Å². The van der Waals surface area contributed by atoms with E-state index in [2.05, 4.69) is 19.9 Å². The van der Waals surface area contributed by atoms with Crippen molar-refractivity contribution >= 4 is 0 Å². The highest BCUT2D eigenvalue weighted by molar-refractivity contribution is 5.11. The highest BCUT2D eigenvalue weighted by atomic mass is 16.5. The fourth-order valence-electron chi connectivity index (χ4n) is 3.37. The van der Waals surface area contributed by atoms with Crippen LogP contribution < -0.4 is 0 Å². The third-order valence-corrected chi connectivity index (χ3v) is 4.01. The number of hydrogen-bond acceptors (Lipinski definition) is 1. The van der Waals surface area contributed by atoms with Gasteiger partial charge < -0.3 is 4.74 Å². The van der Waals surface area contributed by atoms with Gasteiger partial charge in [0.2, 0.25) is 0 Å². The van der Waals surface area contributed by atoms with E-state index in [1.54, 1.807) is 5.57 Å². The van der Waals surface area contributed by atoms with Gasteiger partial charge in [0.15, 0.2) is 0 Å². The molecule has 1 heteroatoms. The summed E-state index contributed by atoms with van der Waals surface area (Å²) in [7, 11) is 0. The van der Waals surface area contributed by atoms with Crippen LogP contribution in [0.4, 0.5) is 0 Å². The van der Waals surface area contributed by atoms with Crippen LogP contribution in [-0.2, 0) is 4.74 Å². The van der Waals surface area contributed by atoms with Gasteiger partial charge in [0, 0.05) is 13.2 Å². The van der Waals surface area contributed by atoms with Crippen LogP contribution in [0.3, 0.4) is 0 Å². The molecule has 0 aromatic heterocycles. The van der Waals surface area contributed by atoms with Crippen molar-refractivity contribution in [2.75, 3.05) is 13.2 Å². The van der Waals surface area contributed by atoms with Crippen molar-refractivity contribution in [3.05, 3.63) is 11.6 Å². The molecule has 1 saturated carbocycles. The summed E-state index contributed by atoms with van der Waals surface area (Å²) in [6.45, 7) is 6.49. The van der Waals surface area contributed by atoms with Gasteiger partial charge in [-0.05, 0) is 56.3 Å². The molecule has 2 rings (SSSR count). The number of allylic oxidation sites excluding steroid dienone is 2. The summed E-state index contributed by atoms with van der Waals surface area (Å²) in [6.07, 6.45) is 10.6. The van der Waals surface area contributed by atoms with Crippen LogP contribution in [0.2, 0.25) is 0 Å². The van der Waals surface area contributed by atoms with Crippen LogP contribution >= 0.6 is 0 Å². The SMILES string of the molecule is CCCOCC1CCC2CC(=CC(C)C2)C1. The second-order valence-electron chi connectivity index (χ2n) is 5.83. The van der Waals surface area contributed by atoms with Gasteiger partial charge in [-0.2, -0.15) is 0 Å². The molecule has 2 aliphatic rings. The smallest absolute Gasteiger partial charge is 0.0497 e. The molecule has 1 fully saturated rings. The number of ether oxygens (including phenoxy) is 1. The molecule has 16 heavy (non-hydrogen) atoms. The van der Waals surface area contributed by atoms with Gasteiger partial charge in [-0.3, -0.25) is 0 Å². The summed E-state index contributed by atoms with van der Waals surface area (Å²) in [6, 6.07) is 0. The molecule has 0 spiro atoms. The summed E-state index contributed by atoms with van der Waals surface area (Å²) >= 11 is 0. The Hall–Kier alpha value is -0.300. The summed E-state index contributed by atoms with van der Waals surface area (Å²) in [5.74, 6) is 2.60. The summed E-state index contributed by atoms with van der Waals surface area (Å²) in [5.41, 5.74) is 1.73. The topological polar surface area (TPSA) is 9.23 Å². The highest BCUT2D eigenvalue weighted by Crippen LogP contribution is 2.39. The predicted octanol–water partition coefficient (Wildman–Crippen LogP) is 4.19. The van der Waals surface area contributed by atoms with Crippen LogP contribution in [0.1, 0.15) is 52.4 Å². The fraction of sp³-hybridized carbons (Fsp3) is 0.867. The zero-order chi connectivity index (χ0) is 11.4. The minimum Gasteiger partial charge on any atom is -0.381 e. The van der Waals surface area contributed by atoms with E-state index in [0.717, 1.165) is 37.4 Å². The molecular weight excluding hydrogens is 196 g/mol. The number of hydrogen-bond donors (Lipinski definition) is 0. The minimum absolute atomic E-state index is 0.799. The molecule has 2 bridgehead atoms. The zero-order valence-electron chi connectivity index (χ0n) is 10.9. The van der Waals surface area contributed by atoms with E-state index in [1.807, 2.05) is 0 Å². The molecule has 0 aromatic carbocycles. The quantitative estimate of drug-likeness (QED) is 0.512. The Bertz CT molecular complexity index is 244. The minimum atomic E-state index is 0.799. The summed E-state index contributed by atoms with van der Waals surface area (Å²) in [4.78, 5) is 0. The predicted molar refractivity (Wildman–Crippen MR) is 68.4 cm³/mol. The van der Waals surface area contributed by atoms with Crippen molar-refractivity contribution in [1.29, 1.82) is 0 Å². The van der Waals surface area contributed by atoms with Gasteiger partial charge >= 0.3 is 0 Å². The Morgan fingerprint density at radius 2 is 2.19 bits per heavy atom. The normalized spacial score (nSPS) is 34.4. The Morgan fingerprint density at radius 1 is 1.31 bits per heavy atom. The maximum absolute atomic E-state index is 5.73. The van der Waals surface area contributed by atoms with Gasteiger partial charge in [0.1, 0.15) is 0 Å². The second-order valence-corrected chi connectivity index (χ2v) is 5.83. The third kappa shape index (κ3) is 3.35. The van der Waals surface area contributed by atoms with Crippen LogP contribution in [-0.4, -0.2) is 13.2 Å². The molecule has 1 nitrogen and oxygen atoms in total. The lowest BCUT2D eigenvalue weighted by atomic mass is 9.82. The number of rotatable bonds is 4. The van der Waals surface area contributed by atoms with Crippen LogP contribution in [0.5, 0.6) is 0 Å². The molecule has 0 N–H and O–H groups in total. The molecule has 0 saturated heterocycles. The van der Waals surface area contributed by atoms with Crippen LogP contribution in [0.25, 0.3) is 0 Å². The van der Waals surface area contributed by atoms with Gasteiger partial charge in [-0.25, -0.2) is 0 Å². The first-order chi connectivity index (χ1) is 7.78. The van der Waals surface area contributed by atoms with Crippen molar-refractivity contribution < 1.29 is 4.74 Å². The molecule has 0 radical (unpaired) electrons. The van der Waals surface area contributed by atoms with E-state index in [-0.39, 0.29) is 0 Å². The molecule has 3 atom stereocenters. The van der Waals surface area contributed by atoms with E-state index in [1.165, 1.54) is 32.1 Å². The molecule has 0 heterocycles. The largest absolute Gasteiger partial charge is 0.381 e. The molecule has 0 amide bonds. The molecule has 92 valence electrons. The van der Waals surface area contributed by atoms with E-state index >= 15 is 0 Å². The lowest BCUT2D eigenvalue weighted by Gasteiger charge is -2.23. The summed E-state index contributed by atoms with van der Waals surface area (Å²) in [5, 5.41) is 0.